The lowest BCUT2D eigenvalue weighted by Crippen LogP contribution is -2.58. The minimum Gasteiger partial charge on any atom is -0.466 e. The first kappa shape index (κ1) is 32.1. The zero-order chi connectivity index (χ0) is 29.3. The van der Waals surface area contributed by atoms with Gasteiger partial charge in [-0.3, -0.25) is 14.4 Å². The standard InChI is InChI=1S/C30H47N3O6/c1-9-38-25(34)15-16-31-27(35)26(23-18-20(4)13-14-21(23)5)33(22-11-10-12-22)28(36)24(17-19(2)3)32-29(37)39-30(6,7)8/h13-14,18-19,22,24,26H,9-12,15-17H2,1-8H3,(H,31,35)(H,32,37). The summed E-state index contributed by atoms with van der Waals surface area (Å²) in [5, 5.41) is 5.65. The van der Waals surface area contributed by atoms with Crippen molar-refractivity contribution in [1.29, 1.82) is 0 Å². The largest absolute Gasteiger partial charge is 0.466 e. The average Bonchev–Trinajstić information content (AvgIpc) is 2.77. The highest BCUT2D eigenvalue weighted by molar-refractivity contribution is 5.92. The van der Waals surface area contributed by atoms with Gasteiger partial charge in [-0.1, -0.05) is 37.6 Å². The minimum absolute atomic E-state index is 0.0344. The zero-order valence-electron chi connectivity index (χ0n) is 24.9. The monoisotopic (exact) mass is 545 g/mol. The number of amides is 3. The second-order valence-corrected chi connectivity index (χ2v) is 11.8. The fourth-order valence-corrected chi connectivity index (χ4v) is 4.59. The van der Waals surface area contributed by atoms with E-state index in [-0.39, 0.29) is 43.3 Å². The van der Waals surface area contributed by atoms with Gasteiger partial charge in [0.05, 0.1) is 13.0 Å². The molecule has 2 rings (SSSR count). The van der Waals surface area contributed by atoms with Crippen molar-refractivity contribution < 1.29 is 28.7 Å². The molecule has 9 nitrogen and oxygen atoms in total. The maximum Gasteiger partial charge on any atom is 0.408 e. The first-order chi connectivity index (χ1) is 18.2. The molecule has 3 amide bonds. The molecule has 2 N–H and O–H groups in total. The van der Waals surface area contributed by atoms with Gasteiger partial charge in [0.15, 0.2) is 0 Å². The Kier molecular flexibility index (Phi) is 11.8. The molecule has 0 heterocycles. The number of hydrogen-bond acceptors (Lipinski definition) is 6. The zero-order valence-corrected chi connectivity index (χ0v) is 24.9. The first-order valence-electron chi connectivity index (χ1n) is 14.1. The van der Waals surface area contributed by atoms with Crippen LogP contribution in [0.15, 0.2) is 18.2 Å². The van der Waals surface area contributed by atoms with Crippen LogP contribution < -0.4 is 10.6 Å². The molecule has 1 aliphatic rings. The predicted octanol–water partition coefficient (Wildman–Crippen LogP) is 4.73. The van der Waals surface area contributed by atoms with E-state index in [4.69, 9.17) is 9.47 Å². The fraction of sp³-hybridized carbons (Fsp3) is 0.667. The lowest BCUT2D eigenvalue weighted by Gasteiger charge is -2.44. The molecule has 0 aromatic heterocycles. The van der Waals surface area contributed by atoms with Crippen LogP contribution in [-0.4, -0.2) is 59.6 Å². The highest BCUT2D eigenvalue weighted by atomic mass is 16.6. The van der Waals surface area contributed by atoms with Gasteiger partial charge in [0, 0.05) is 12.6 Å². The summed E-state index contributed by atoms with van der Waals surface area (Å²) in [7, 11) is 0. The smallest absolute Gasteiger partial charge is 0.408 e. The molecule has 9 heteroatoms. The van der Waals surface area contributed by atoms with Crippen molar-refractivity contribution in [2.75, 3.05) is 13.2 Å². The molecule has 1 saturated carbocycles. The number of nitrogens with zero attached hydrogens (tertiary/aromatic N) is 1. The Bertz CT molecular complexity index is 1010. The quantitative estimate of drug-likeness (QED) is 0.367. The Morgan fingerprint density at radius 3 is 2.31 bits per heavy atom. The number of rotatable bonds is 12. The van der Waals surface area contributed by atoms with Crippen molar-refractivity contribution in [2.24, 2.45) is 5.92 Å². The maximum absolute atomic E-state index is 14.3. The maximum atomic E-state index is 14.3. The third-order valence-electron chi connectivity index (χ3n) is 6.61. The van der Waals surface area contributed by atoms with Crippen LogP contribution >= 0.6 is 0 Å². The van der Waals surface area contributed by atoms with E-state index in [1.807, 2.05) is 45.9 Å². The fourth-order valence-electron chi connectivity index (χ4n) is 4.59. The van der Waals surface area contributed by atoms with Gasteiger partial charge < -0.3 is 25.0 Å². The topological polar surface area (TPSA) is 114 Å². The van der Waals surface area contributed by atoms with Gasteiger partial charge in [0.2, 0.25) is 11.8 Å². The number of ether oxygens (including phenoxy) is 2. The molecule has 1 fully saturated rings. The summed E-state index contributed by atoms with van der Waals surface area (Å²) in [6.07, 6.45) is 2.25. The summed E-state index contributed by atoms with van der Waals surface area (Å²) < 4.78 is 10.4. The Morgan fingerprint density at radius 1 is 1.10 bits per heavy atom. The normalized spacial score (nSPS) is 15.1. The number of esters is 1. The number of alkyl carbamates (subject to hydrolysis) is 1. The van der Waals surface area contributed by atoms with Crippen LogP contribution in [0.4, 0.5) is 4.79 Å². The molecule has 0 saturated heterocycles. The van der Waals surface area contributed by atoms with Gasteiger partial charge in [-0.25, -0.2) is 4.79 Å². The van der Waals surface area contributed by atoms with E-state index in [2.05, 4.69) is 10.6 Å². The Balaban J connectivity index is 2.48. The minimum atomic E-state index is -0.917. The van der Waals surface area contributed by atoms with E-state index >= 15 is 0 Å². The Labute approximate surface area is 233 Å². The number of hydrogen-bond donors (Lipinski definition) is 2. The molecule has 2 atom stereocenters. The van der Waals surface area contributed by atoms with Crippen LogP contribution in [-0.2, 0) is 23.9 Å². The molecule has 0 radical (unpaired) electrons. The first-order valence-corrected chi connectivity index (χ1v) is 14.1. The van der Waals surface area contributed by atoms with Crippen LogP contribution in [0.1, 0.15) is 96.4 Å². The number of nitrogens with one attached hydrogen (secondary N) is 2. The van der Waals surface area contributed by atoms with E-state index in [1.54, 1.807) is 32.6 Å². The van der Waals surface area contributed by atoms with Crippen LogP contribution in [0, 0.1) is 19.8 Å². The van der Waals surface area contributed by atoms with Gasteiger partial charge in [-0.15, -0.1) is 0 Å². The summed E-state index contributed by atoms with van der Waals surface area (Å²) in [6, 6.07) is 3.92. The molecule has 0 aliphatic heterocycles. The van der Waals surface area contributed by atoms with Gasteiger partial charge in [0.1, 0.15) is 17.7 Å². The Morgan fingerprint density at radius 2 is 1.77 bits per heavy atom. The van der Waals surface area contributed by atoms with Gasteiger partial charge >= 0.3 is 12.1 Å². The van der Waals surface area contributed by atoms with E-state index in [0.29, 0.717) is 6.42 Å². The molecule has 1 aliphatic carbocycles. The van der Waals surface area contributed by atoms with Crippen LogP contribution in [0.2, 0.25) is 0 Å². The van der Waals surface area contributed by atoms with E-state index < -0.39 is 29.7 Å². The molecule has 0 bridgehead atoms. The van der Waals surface area contributed by atoms with Crippen molar-refractivity contribution in [3.63, 3.8) is 0 Å². The SMILES string of the molecule is CCOC(=O)CCNC(=O)C(c1cc(C)ccc1C)N(C(=O)C(CC(C)C)NC(=O)OC(C)(C)C)C1CCC1. The molecule has 0 spiro atoms. The molecule has 1 aromatic carbocycles. The van der Waals surface area contributed by atoms with Crippen molar-refractivity contribution in [2.45, 2.75) is 111 Å². The third-order valence-corrected chi connectivity index (χ3v) is 6.61. The molecular weight excluding hydrogens is 498 g/mol. The van der Waals surface area contributed by atoms with E-state index in [0.717, 1.165) is 36.0 Å². The van der Waals surface area contributed by atoms with Crippen molar-refractivity contribution in [1.82, 2.24) is 15.5 Å². The van der Waals surface area contributed by atoms with E-state index in [1.165, 1.54) is 0 Å². The summed E-state index contributed by atoms with van der Waals surface area (Å²) in [4.78, 5) is 54.4. The number of carbonyl (C=O) groups is 4. The predicted molar refractivity (Wildman–Crippen MR) is 150 cm³/mol. The molecule has 218 valence electrons. The van der Waals surface area contributed by atoms with Gasteiger partial charge in [-0.2, -0.15) is 0 Å². The summed E-state index contributed by atoms with van der Waals surface area (Å²) in [5.41, 5.74) is 1.85. The highest BCUT2D eigenvalue weighted by Gasteiger charge is 2.42. The van der Waals surface area contributed by atoms with Gasteiger partial charge in [0.25, 0.3) is 0 Å². The van der Waals surface area contributed by atoms with Gasteiger partial charge in [-0.05, 0) is 84.3 Å². The Hall–Kier alpha value is -3.10. The lowest BCUT2D eigenvalue weighted by atomic mass is 9.86. The highest BCUT2D eigenvalue weighted by Crippen LogP contribution is 2.35. The van der Waals surface area contributed by atoms with Crippen molar-refractivity contribution in [3.8, 4) is 0 Å². The van der Waals surface area contributed by atoms with Crippen LogP contribution in [0.3, 0.4) is 0 Å². The van der Waals surface area contributed by atoms with Crippen LogP contribution in [0.5, 0.6) is 0 Å². The average molecular weight is 546 g/mol. The van der Waals surface area contributed by atoms with E-state index in [9.17, 15) is 19.2 Å². The lowest BCUT2D eigenvalue weighted by molar-refractivity contribution is -0.148. The second-order valence-electron chi connectivity index (χ2n) is 11.8. The summed E-state index contributed by atoms with van der Waals surface area (Å²) in [6.45, 7) is 15.2. The number of benzene rings is 1. The third kappa shape index (κ3) is 9.86. The molecule has 1 aromatic rings. The summed E-state index contributed by atoms with van der Waals surface area (Å²) in [5.74, 6) is -0.972. The molecule has 2 unspecified atom stereocenters. The van der Waals surface area contributed by atoms with Crippen LogP contribution in [0.25, 0.3) is 0 Å². The second kappa shape index (κ2) is 14.3. The molecule has 39 heavy (non-hydrogen) atoms. The van der Waals surface area contributed by atoms with Crippen molar-refractivity contribution in [3.05, 3.63) is 34.9 Å². The van der Waals surface area contributed by atoms with Crippen molar-refractivity contribution >= 4 is 23.9 Å². The molecular formula is C30H47N3O6. The summed E-state index contributed by atoms with van der Waals surface area (Å²) >= 11 is 0. The number of carbonyl (C=O) groups excluding carboxylic acids is 4. The number of aryl methyl sites for hydroxylation is 2.